The predicted octanol–water partition coefficient (Wildman–Crippen LogP) is 3.43. The van der Waals surface area contributed by atoms with E-state index in [-0.39, 0.29) is 6.10 Å². The fraction of sp³-hybridized carbons (Fsp3) is 0.667. The van der Waals surface area contributed by atoms with Crippen LogP contribution in [0.5, 0.6) is 0 Å². The third kappa shape index (κ3) is 6.23. The number of thioether (sulfide) groups is 1. The lowest BCUT2D eigenvalue weighted by molar-refractivity contribution is 0.190. The quantitative estimate of drug-likeness (QED) is 0.793. The second kappa shape index (κ2) is 7.31. The van der Waals surface area contributed by atoms with Gasteiger partial charge in [0.2, 0.25) is 0 Å². The standard InChI is InChI=1S/C12H20OS2/c1-10(2)8-14-9-11(13)5-6-12-4-3-7-15-12/h3-4,7,10-11,13H,5-6,8-9H2,1-2H3. The lowest BCUT2D eigenvalue weighted by atomic mass is 10.2. The molecule has 1 atom stereocenters. The first-order valence-electron chi connectivity index (χ1n) is 5.46. The molecule has 0 bridgehead atoms. The normalized spacial score (nSPS) is 13.3. The van der Waals surface area contributed by atoms with Gasteiger partial charge in [-0.2, -0.15) is 11.8 Å². The Kier molecular flexibility index (Phi) is 6.37. The molecule has 0 spiro atoms. The number of aliphatic hydroxyl groups excluding tert-OH is 1. The molecule has 0 saturated heterocycles. The molecule has 1 N–H and O–H groups in total. The van der Waals surface area contributed by atoms with E-state index in [0.29, 0.717) is 0 Å². The summed E-state index contributed by atoms with van der Waals surface area (Å²) in [7, 11) is 0. The van der Waals surface area contributed by atoms with Crippen molar-refractivity contribution in [2.45, 2.75) is 32.8 Å². The minimum absolute atomic E-state index is 0.143. The van der Waals surface area contributed by atoms with Crippen LogP contribution in [0.25, 0.3) is 0 Å². The van der Waals surface area contributed by atoms with Crippen molar-refractivity contribution >= 4 is 23.1 Å². The van der Waals surface area contributed by atoms with E-state index in [4.69, 9.17) is 0 Å². The van der Waals surface area contributed by atoms with E-state index in [2.05, 4.69) is 31.4 Å². The molecule has 0 aliphatic heterocycles. The first-order chi connectivity index (χ1) is 7.18. The Morgan fingerprint density at radius 3 is 2.80 bits per heavy atom. The molecule has 0 aromatic carbocycles. The maximum absolute atomic E-state index is 9.74. The van der Waals surface area contributed by atoms with Gasteiger partial charge in [-0.1, -0.05) is 19.9 Å². The van der Waals surface area contributed by atoms with Crippen LogP contribution in [0.3, 0.4) is 0 Å². The summed E-state index contributed by atoms with van der Waals surface area (Å²) < 4.78 is 0. The van der Waals surface area contributed by atoms with Crippen molar-refractivity contribution in [2.75, 3.05) is 11.5 Å². The van der Waals surface area contributed by atoms with Crippen LogP contribution in [0, 0.1) is 5.92 Å². The topological polar surface area (TPSA) is 20.2 Å². The van der Waals surface area contributed by atoms with Gasteiger partial charge < -0.3 is 5.11 Å². The minimum atomic E-state index is -0.143. The van der Waals surface area contributed by atoms with Crippen LogP contribution in [0.2, 0.25) is 0 Å². The fourth-order valence-corrected chi connectivity index (χ4v) is 3.06. The van der Waals surface area contributed by atoms with Crippen LogP contribution in [0.4, 0.5) is 0 Å². The van der Waals surface area contributed by atoms with Gasteiger partial charge in [-0.25, -0.2) is 0 Å². The lowest BCUT2D eigenvalue weighted by Gasteiger charge is -2.10. The molecule has 1 aromatic rings. The molecule has 1 rings (SSSR count). The highest BCUT2D eigenvalue weighted by atomic mass is 32.2. The van der Waals surface area contributed by atoms with Gasteiger partial charge in [0.1, 0.15) is 0 Å². The van der Waals surface area contributed by atoms with Crippen molar-refractivity contribution in [1.29, 1.82) is 0 Å². The number of hydrogen-bond acceptors (Lipinski definition) is 3. The summed E-state index contributed by atoms with van der Waals surface area (Å²) in [6.45, 7) is 4.43. The highest BCUT2D eigenvalue weighted by Gasteiger charge is 2.05. The van der Waals surface area contributed by atoms with Gasteiger partial charge in [-0.15, -0.1) is 11.3 Å². The maximum atomic E-state index is 9.74. The van der Waals surface area contributed by atoms with E-state index in [1.165, 1.54) is 4.88 Å². The molecule has 0 aliphatic rings. The van der Waals surface area contributed by atoms with Crippen molar-refractivity contribution < 1.29 is 5.11 Å². The molecule has 15 heavy (non-hydrogen) atoms. The van der Waals surface area contributed by atoms with Gasteiger partial charge in [-0.05, 0) is 36.0 Å². The molecule has 0 fully saturated rings. The first kappa shape index (κ1) is 13.1. The number of aliphatic hydroxyl groups is 1. The molecule has 0 amide bonds. The van der Waals surface area contributed by atoms with Crippen molar-refractivity contribution in [3.63, 3.8) is 0 Å². The Hall–Kier alpha value is 0.01000. The van der Waals surface area contributed by atoms with Crippen molar-refractivity contribution in [2.24, 2.45) is 5.92 Å². The molecular formula is C12H20OS2. The molecule has 1 unspecified atom stereocenters. The summed E-state index contributed by atoms with van der Waals surface area (Å²) in [6, 6.07) is 4.21. The summed E-state index contributed by atoms with van der Waals surface area (Å²) >= 11 is 3.64. The SMILES string of the molecule is CC(C)CSCC(O)CCc1cccs1. The minimum Gasteiger partial charge on any atom is -0.392 e. The van der Waals surface area contributed by atoms with E-state index in [1.54, 1.807) is 11.3 Å². The summed E-state index contributed by atoms with van der Waals surface area (Å²) in [4.78, 5) is 1.38. The zero-order chi connectivity index (χ0) is 11.1. The Morgan fingerprint density at radius 2 is 2.20 bits per heavy atom. The van der Waals surface area contributed by atoms with E-state index in [1.807, 2.05) is 11.8 Å². The Balaban J connectivity index is 2.06. The molecular weight excluding hydrogens is 224 g/mol. The van der Waals surface area contributed by atoms with Gasteiger partial charge in [0, 0.05) is 10.6 Å². The highest BCUT2D eigenvalue weighted by Crippen LogP contribution is 2.15. The average molecular weight is 244 g/mol. The maximum Gasteiger partial charge on any atom is 0.0634 e. The Bertz CT molecular complexity index is 244. The second-order valence-corrected chi connectivity index (χ2v) is 6.31. The van der Waals surface area contributed by atoms with E-state index >= 15 is 0 Å². The predicted molar refractivity (Wildman–Crippen MR) is 70.8 cm³/mol. The Labute approximate surface area is 101 Å². The molecule has 3 heteroatoms. The van der Waals surface area contributed by atoms with Crippen LogP contribution in [0.15, 0.2) is 17.5 Å². The largest absolute Gasteiger partial charge is 0.392 e. The summed E-state index contributed by atoms with van der Waals surface area (Å²) in [5.41, 5.74) is 0. The van der Waals surface area contributed by atoms with Gasteiger partial charge in [0.25, 0.3) is 0 Å². The summed E-state index contributed by atoms with van der Waals surface area (Å²) in [6.07, 6.45) is 1.77. The van der Waals surface area contributed by atoms with Gasteiger partial charge in [-0.3, -0.25) is 0 Å². The zero-order valence-electron chi connectivity index (χ0n) is 9.48. The molecule has 1 aromatic heterocycles. The van der Waals surface area contributed by atoms with E-state index in [0.717, 1.165) is 30.3 Å². The smallest absolute Gasteiger partial charge is 0.0634 e. The molecule has 86 valence electrons. The molecule has 1 nitrogen and oxygen atoms in total. The van der Waals surface area contributed by atoms with Crippen LogP contribution < -0.4 is 0 Å². The number of rotatable bonds is 7. The van der Waals surface area contributed by atoms with Crippen LogP contribution in [-0.4, -0.2) is 22.7 Å². The van der Waals surface area contributed by atoms with Gasteiger partial charge >= 0.3 is 0 Å². The molecule has 0 saturated carbocycles. The van der Waals surface area contributed by atoms with Crippen molar-refractivity contribution in [3.05, 3.63) is 22.4 Å². The van der Waals surface area contributed by atoms with E-state index < -0.39 is 0 Å². The molecule has 0 aliphatic carbocycles. The van der Waals surface area contributed by atoms with E-state index in [9.17, 15) is 5.11 Å². The van der Waals surface area contributed by atoms with Crippen molar-refractivity contribution in [3.8, 4) is 0 Å². The summed E-state index contributed by atoms with van der Waals surface area (Å²) in [5.74, 6) is 2.75. The van der Waals surface area contributed by atoms with Gasteiger partial charge in [0.05, 0.1) is 6.10 Å². The van der Waals surface area contributed by atoms with Crippen molar-refractivity contribution in [1.82, 2.24) is 0 Å². The second-order valence-electron chi connectivity index (χ2n) is 4.20. The number of aryl methyl sites for hydroxylation is 1. The van der Waals surface area contributed by atoms with Crippen LogP contribution >= 0.6 is 23.1 Å². The number of hydrogen-bond donors (Lipinski definition) is 1. The van der Waals surface area contributed by atoms with Crippen LogP contribution in [-0.2, 0) is 6.42 Å². The van der Waals surface area contributed by atoms with Crippen LogP contribution in [0.1, 0.15) is 25.1 Å². The molecule has 0 radical (unpaired) electrons. The third-order valence-corrected chi connectivity index (χ3v) is 4.52. The monoisotopic (exact) mass is 244 g/mol. The van der Waals surface area contributed by atoms with Gasteiger partial charge in [0.15, 0.2) is 0 Å². The zero-order valence-corrected chi connectivity index (χ0v) is 11.1. The molecule has 1 heterocycles. The first-order valence-corrected chi connectivity index (χ1v) is 7.50. The Morgan fingerprint density at radius 1 is 1.40 bits per heavy atom. The third-order valence-electron chi connectivity index (χ3n) is 2.07. The highest BCUT2D eigenvalue weighted by molar-refractivity contribution is 7.99. The average Bonchev–Trinajstić information content (AvgIpc) is 2.66. The summed E-state index contributed by atoms with van der Waals surface area (Å²) in [5, 5.41) is 11.8. The lowest BCUT2D eigenvalue weighted by Crippen LogP contribution is -2.11. The fourth-order valence-electron chi connectivity index (χ4n) is 1.29. The number of thiophene rings is 1.